The molecule has 4 heteroatoms. The SMILES string of the molecule is C=C1C(=O)O[C@H]2/C=C(\C)CC/C=C(\C(=O)OC)CC/C=C(/C)CC[C@@H]12. The van der Waals surface area contributed by atoms with E-state index >= 15 is 0 Å². The molecule has 0 amide bonds. The molecule has 0 saturated carbocycles. The molecule has 136 valence electrons. The molecule has 0 bridgehead atoms. The zero-order chi connectivity index (χ0) is 18.4. The van der Waals surface area contributed by atoms with E-state index in [2.05, 4.69) is 19.6 Å². The summed E-state index contributed by atoms with van der Waals surface area (Å²) in [5, 5.41) is 0. The largest absolute Gasteiger partial charge is 0.466 e. The van der Waals surface area contributed by atoms with E-state index in [1.807, 2.05) is 19.1 Å². The maximum Gasteiger partial charge on any atom is 0.334 e. The molecule has 1 saturated heterocycles. The third-order valence-corrected chi connectivity index (χ3v) is 4.93. The van der Waals surface area contributed by atoms with Gasteiger partial charge in [-0.25, -0.2) is 9.59 Å². The van der Waals surface area contributed by atoms with Crippen molar-refractivity contribution in [3.63, 3.8) is 0 Å². The van der Waals surface area contributed by atoms with Gasteiger partial charge < -0.3 is 9.47 Å². The summed E-state index contributed by atoms with van der Waals surface area (Å²) in [6, 6.07) is 0. The van der Waals surface area contributed by atoms with Crippen LogP contribution in [0, 0.1) is 5.92 Å². The van der Waals surface area contributed by atoms with Crippen LogP contribution in [0.4, 0.5) is 0 Å². The third-order valence-electron chi connectivity index (χ3n) is 4.93. The highest BCUT2D eigenvalue weighted by Crippen LogP contribution is 2.33. The van der Waals surface area contributed by atoms with E-state index in [9.17, 15) is 9.59 Å². The van der Waals surface area contributed by atoms with Crippen LogP contribution in [0.2, 0.25) is 0 Å². The standard InChI is InChI=1S/C21H28O4/c1-14-7-5-9-17(21(23)24-4)10-6-8-15(2)13-19-18(12-11-14)16(3)20(22)25-19/h7,10,13,18-19H,3,5-6,8-9,11-12H2,1-2,4H3/b14-7-,15-13+,17-10-/t18-,19-/m0/s1. The van der Waals surface area contributed by atoms with Gasteiger partial charge in [-0.15, -0.1) is 0 Å². The minimum Gasteiger partial charge on any atom is -0.466 e. The van der Waals surface area contributed by atoms with Crippen LogP contribution in [0.25, 0.3) is 0 Å². The van der Waals surface area contributed by atoms with Gasteiger partial charge in [0, 0.05) is 17.1 Å². The van der Waals surface area contributed by atoms with E-state index in [0.29, 0.717) is 12.0 Å². The second-order valence-electron chi connectivity index (χ2n) is 6.90. The number of ether oxygens (including phenoxy) is 2. The normalized spacial score (nSPS) is 32.0. The summed E-state index contributed by atoms with van der Waals surface area (Å²) in [6.45, 7) is 8.05. The maximum absolute atomic E-state index is 11.9. The lowest BCUT2D eigenvalue weighted by molar-refractivity contribution is -0.138. The number of methoxy groups -OCH3 is 1. The molecule has 2 aliphatic rings. The summed E-state index contributed by atoms with van der Waals surface area (Å²) in [5.74, 6) is -0.478. The fraction of sp³-hybridized carbons (Fsp3) is 0.524. The second kappa shape index (κ2) is 8.84. The van der Waals surface area contributed by atoms with Gasteiger partial charge in [0.25, 0.3) is 0 Å². The molecular formula is C21H28O4. The first-order valence-corrected chi connectivity index (χ1v) is 8.92. The Labute approximate surface area is 150 Å². The van der Waals surface area contributed by atoms with Crippen LogP contribution in [0.3, 0.4) is 0 Å². The molecule has 0 aromatic carbocycles. The molecule has 0 spiro atoms. The van der Waals surface area contributed by atoms with Crippen molar-refractivity contribution in [1.82, 2.24) is 0 Å². The van der Waals surface area contributed by atoms with Gasteiger partial charge in [-0.2, -0.15) is 0 Å². The molecular weight excluding hydrogens is 316 g/mol. The molecule has 0 radical (unpaired) electrons. The lowest BCUT2D eigenvalue weighted by Crippen LogP contribution is -2.15. The lowest BCUT2D eigenvalue weighted by atomic mass is 9.89. The van der Waals surface area contributed by atoms with E-state index in [1.54, 1.807) is 0 Å². The van der Waals surface area contributed by atoms with Crippen LogP contribution in [-0.2, 0) is 19.1 Å². The van der Waals surface area contributed by atoms with Crippen molar-refractivity contribution < 1.29 is 19.1 Å². The van der Waals surface area contributed by atoms with E-state index < -0.39 is 0 Å². The average molecular weight is 344 g/mol. The third kappa shape index (κ3) is 5.18. The first-order chi connectivity index (χ1) is 11.9. The summed E-state index contributed by atoms with van der Waals surface area (Å²) >= 11 is 0. The quantitative estimate of drug-likeness (QED) is 0.401. The molecule has 4 nitrogen and oxygen atoms in total. The summed E-state index contributed by atoms with van der Waals surface area (Å²) in [4.78, 5) is 23.8. The topological polar surface area (TPSA) is 52.6 Å². The van der Waals surface area contributed by atoms with Crippen molar-refractivity contribution in [2.45, 2.75) is 58.5 Å². The molecule has 25 heavy (non-hydrogen) atoms. The van der Waals surface area contributed by atoms with Gasteiger partial charge in [-0.3, -0.25) is 0 Å². The highest BCUT2D eigenvalue weighted by molar-refractivity contribution is 5.91. The number of hydrogen-bond acceptors (Lipinski definition) is 4. The predicted octanol–water partition coefficient (Wildman–Crippen LogP) is 4.43. The summed E-state index contributed by atoms with van der Waals surface area (Å²) in [6.07, 6.45) is 10.8. The van der Waals surface area contributed by atoms with Crippen molar-refractivity contribution in [3.8, 4) is 0 Å². The molecule has 2 atom stereocenters. The van der Waals surface area contributed by atoms with Crippen molar-refractivity contribution in [2.75, 3.05) is 7.11 Å². The zero-order valence-electron chi connectivity index (χ0n) is 15.5. The number of esters is 2. The molecule has 2 rings (SSSR count). The molecule has 1 fully saturated rings. The molecule has 0 aromatic heterocycles. The first-order valence-electron chi connectivity index (χ1n) is 8.92. The minimum atomic E-state index is -0.280. The Hall–Kier alpha value is -2.10. The Kier molecular flexibility index (Phi) is 6.80. The maximum atomic E-state index is 11.9. The number of fused-ring (bicyclic) bond motifs is 1. The predicted molar refractivity (Wildman–Crippen MR) is 97.8 cm³/mol. The monoisotopic (exact) mass is 344 g/mol. The number of rotatable bonds is 1. The van der Waals surface area contributed by atoms with Crippen LogP contribution in [0.5, 0.6) is 0 Å². The fourth-order valence-corrected chi connectivity index (χ4v) is 3.34. The highest BCUT2D eigenvalue weighted by Gasteiger charge is 2.36. The van der Waals surface area contributed by atoms with E-state index in [4.69, 9.17) is 9.47 Å². The number of carbonyl (C=O) groups is 2. The fourth-order valence-electron chi connectivity index (χ4n) is 3.34. The van der Waals surface area contributed by atoms with Crippen LogP contribution in [0.1, 0.15) is 52.4 Å². The number of allylic oxidation sites excluding steroid dienone is 4. The summed E-state index contributed by atoms with van der Waals surface area (Å²) < 4.78 is 10.4. The first kappa shape index (κ1) is 19.2. The van der Waals surface area contributed by atoms with Crippen molar-refractivity contribution in [3.05, 3.63) is 47.1 Å². The van der Waals surface area contributed by atoms with Crippen molar-refractivity contribution in [2.24, 2.45) is 5.92 Å². The lowest BCUT2D eigenvalue weighted by Gasteiger charge is -2.16. The summed E-state index contributed by atoms with van der Waals surface area (Å²) in [5.41, 5.74) is 3.73. The highest BCUT2D eigenvalue weighted by atomic mass is 16.6. The van der Waals surface area contributed by atoms with Crippen LogP contribution in [-0.4, -0.2) is 25.2 Å². The van der Waals surface area contributed by atoms with Gasteiger partial charge >= 0.3 is 11.9 Å². The molecule has 1 aliphatic carbocycles. The Morgan fingerprint density at radius 2 is 1.88 bits per heavy atom. The van der Waals surface area contributed by atoms with Crippen LogP contribution < -0.4 is 0 Å². The Morgan fingerprint density at radius 3 is 2.60 bits per heavy atom. The molecule has 0 N–H and O–H groups in total. The molecule has 0 unspecified atom stereocenters. The number of carbonyl (C=O) groups excluding carboxylic acids is 2. The Balaban J connectivity index is 2.23. The molecule has 1 heterocycles. The van der Waals surface area contributed by atoms with E-state index in [-0.39, 0.29) is 24.0 Å². The van der Waals surface area contributed by atoms with Gasteiger partial charge in [-0.1, -0.05) is 29.9 Å². The van der Waals surface area contributed by atoms with Gasteiger partial charge in [0.15, 0.2) is 0 Å². The van der Waals surface area contributed by atoms with Crippen LogP contribution in [0.15, 0.2) is 47.1 Å². The zero-order valence-corrected chi connectivity index (χ0v) is 15.5. The molecule has 0 aromatic rings. The smallest absolute Gasteiger partial charge is 0.334 e. The van der Waals surface area contributed by atoms with Crippen LogP contribution >= 0.6 is 0 Å². The van der Waals surface area contributed by atoms with Gasteiger partial charge in [0.1, 0.15) is 6.10 Å². The summed E-state index contributed by atoms with van der Waals surface area (Å²) in [7, 11) is 1.42. The van der Waals surface area contributed by atoms with E-state index in [0.717, 1.165) is 43.3 Å². The van der Waals surface area contributed by atoms with Crippen molar-refractivity contribution in [1.29, 1.82) is 0 Å². The van der Waals surface area contributed by atoms with Gasteiger partial charge in [0.2, 0.25) is 0 Å². The average Bonchev–Trinajstić information content (AvgIpc) is 2.84. The Bertz CT molecular complexity index is 636. The second-order valence-corrected chi connectivity index (χ2v) is 6.90. The van der Waals surface area contributed by atoms with Gasteiger partial charge in [-0.05, 0) is 58.4 Å². The van der Waals surface area contributed by atoms with Crippen molar-refractivity contribution >= 4 is 11.9 Å². The Morgan fingerprint density at radius 1 is 1.16 bits per heavy atom. The van der Waals surface area contributed by atoms with Gasteiger partial charge in [0.05, 0.1) is 7.11 Å². The number of hydrogen-bond donors (Lipinski definition) is 0. The van der Waals surface area contributed by atoms with E-state index in [1.165, 1.54) is 12.7 Å². The minimum absolute atomic E-state index is 0.0508. The molecule has 1 aliphatic heterocycles.